The molecule has 0 spiro atoms. The number of aromatic hydroxyl groups is 2. The zero-order valence-corrected chi connectivity index (χ0v) is 16.9. The predicted octanol–water partition coefficient (Wildman–Crippen LogP) is 5.22. The normalized spacial score (nSPS) is 9.75. The van der Waals surface area contributed by atoms with Crippen molar-refractivity contribution in [2.75, 3.05) is 0 Å². The van der Waals surface area contributed by atoms with Gasteiger partial charge in [0.15, 0.2) is 0 Å². The van der Waals surface area contributed by atoms with Gasteiger partial charge in [-0.2, -0.15) is 0 Å². The summed E-state index contributed by atoms with van der Waals surface area (Å²) in [5.74, 6) is -0.221. The standard InChI is InChI=1S/C20H14O4.C6H6O2/c21-19(23-15-9-3-1-4-10-15)17-13-7-8-14-18(17)20(22)24-16-11-5-2-6-12-16;7-5-2-1-3-6(8)4-5/h1-14H;1-4,7-8H. The Labute approximate surface area is 184 Å². The van der Waals surface area contributed by atoms with Crippen molar-refractivity contribution >= 4 is 11.9 Å². The number of carbonyl (C=O) groups excluding carboxylic acids is 2. The first kappa shape index (κ1) is 22.1. The van der Waals surface area contributed by atoms with Gasteiger partial charge in [-0.3, -0.25) is 0 Å². The summed E-state index contributed by atoms with van der Waals surface area (Å²) in [6, 6.07) is 29.6. The van der Waals surface area contributed by atoms with Gasteiger partial charge in [0.1, 0.15) is 23.0 Å². The third-order valence-corrected chi connectivity index (χ3v) is 4.10. The second-order valence-corrected chi connectivity index (χ2v) is 6.47. The molecule has 0 aromatic heterocycles. The number of ether oxygens (including phenoxy) is 2. The van der Waals surface area contributed by atoms with E-state index in [-0.39, 0.29) is 22.6 Å². The SMILES string of the molecule is O=C(Oc1ccccc1)c1ccccc1C(=O)Oc1ccccc1.Oc1cccc(O)c1. The molecule has 4 rings (SSSR count). The number of para-hydroxylation sites is 2. The number of carbonyl (C=O) groups is 2. The Morgan fingerprint density at radius 2 is 0.875 bits per heavy atom. The Morgan fingerprint density at radius 1 is 0.500 bits per heavy atom. The lowest BCUT2D eigenvalue weighted by molar-refractivity contribution is 0.0692. The second-order valence-electron chi connectivity index (χ2n) is 6.47. The van der Waals surface area contributed by atoms with Crippen LogP contribution in [0.25, 0.3) is 0 Å². The lowest BCUT2D eigenvalue weighted by atomic mass is 10.1. The monoisotopic (exact) mass is 428 g/mol. The number of hydrogen-bond acceptors (Lipinski definition) is 6. The Balaban J connectivity index is 0.000000305. The third-order valence-electron chi connectivity index (χ3n) is 4.10. The average Bonchev–Trinajstić information content (AvgIpc) is 2.81. The van der Waals surface area contributed by atoms with Crippen molar-refractivity contribution < 1.29 is 29.3 Å². The number of phenols is 2. The lowest BCUT2D eigenvalue weighted by Crippen LogP contribution is -2.17. The molecule has 160 valence electrons. The molecular weight excluding hydrogens is 408 g/mol. The van der Waals surface area contributed by atoms with Crippen LogP contribution in [-0.4, -0.2) is 22.2 Å². The van der Waals surface area contributed by atoms with E-state index in [9.17, 15) is 9.59 Å². The van der Waals surface area contributed by atoms with Crippen LogP contribution < -0.4 is 9.47 Å². The van der Waals surface area contributed by atoms with Gasteiger partial charge < -0.3 is 19.7 Å². The Morgan fingerprint density at radius 3 is 1.22 bits per heavy atom. The maximum absolute atomic E-state index is 12.4. The van der Waals surface area contributed by atoms with Gasteiger partial charge in [-0.25, -0.2) is 9.59 Å². The van der Waals surface area contributed by atoms with Crippen molar-refractivity contribution in [2.24, 2.45) is 0 Å². The number of rotatable bonds is 4. The maximum Gasteiger partial charge on any atom is 0.344 e. The molecule has 0 aliphatic carbocycles. The Hall–Kier alpha value is -4.58. The summed E-state index contributed by atoms with van der Waals surface area (Å²) in [6.45, 7) is 0. The van der Waals surface area contributed by atoms with Gasteiger partial charge in [0.2, 0.25) is 0 Å². The molecule has 0 saturated carbocycles. The van der Waals surface area contributed by atoms with Crippen molar-refractivity contribution in [1.82, 2.24) is 0 Å². The molecule has 4 aromatic rings. The Kier molecular flexibility index (Phi) is 7.59. The molecule has 0 radical (unpaired) electrons. The minimum atomic E-state index is -0.609. The quantitative estimate of drug-likeness (QED) is 0.342. The van der Waals surface area contributed by atoms with Crippen LogP contribution in [-0.2, 0) is 0 Å². The van der Waals surface area contributed by atoms with E-state index in [1.807, 2.05) is 12.1 Å². The minimum Gasteiger partial charge on any atom is -0.508 e. The Bertz CT molecular complexity index is 1080. The summed E-state index contributed by atoms with van der Waals surface area (Å²) in [5.41, 5.74) is 0.310. The summed E-state index contributed by atoms with van der Waals surface area (Å²) >= 11 is 0. The van der Waals surface area contributed by atoms with Gasteiger partial charge in [0, 0.05) is 6.07 Å². The zero-order chi connectivity index (χ0) is 22.8. The summed E-state index contributed by atoms with van der Waals surface area (Å²) in [4.78, 5) is 24.7. The van der Waals surface area contributed by atoms with Crippen molar-refractivity contribution in [3.05, 3.63) is 120 Å². The highest BCUT2D eigenvalue weighted by atomic mass is 16.5. The van der Waals surface area contributed by atoms with Crippen LogP contribution >= 0.6 is 0 Å². The summed E-state index contributed by atoms with van der Waals surface area (Å²) in [5, 5.41) is 17.3. The van der Waals surface area contributed by atoms with Gasteiger partial charge in [0.05, 0.1) is 11.1 Å². The van der Waals surface area contributed by atoms with Crippen molar-refractivity contribution in [3.63, 3.8) is 0 Å². The molecule has 6 heteroatoms. The molecule has 0 fully saturated rings. The topological polar surface area (TPSA) is 93.1 Å². The van der Waals surface area contributed by atoms with E-state index in [2.05, 4.69) is 0 Å². The van der Waals surface area contributed by atoms with E-state index in [0.29, 0.717) is 11.5 Å². The first-order valence-corrected chi connectivity index (χ1v) is 9.64. The number of hydrogen-bond donors (Lipinski definition) is 2. The van der Waals surface area contributed by atoms with Crippen LogP contribution in [0.5, 0.6) is 23.0 Å². The van der Waals surface area contributed by atoms with E-state index < -0.39 is 11.9 Å². The molecule has 2 N–H and O–H groups in total. The van der Waals surface area contributed by atoms with E-state index in [0.717, 1.165) is 0 Å². The highest BCUT2D eigenvalue weighted by Gasteiger charge is 2.20. The third kappa shape index (κ3) is 6.47. The van der Waals surface area contributed by atoms with E-state index in [1.165, 1.54) is 30.3 Å². The average molecular weight is 428 g/mol. The molecule has 0 heterocycles. The predicted molar refractivity (Wildman–Crippen MR) is 119 cm³/mol. The van der Waals surface area contributed by atoms with Crippen LogP contribution in [0, 0.1) is 0 Å². The first-order chi connectivity index (χ1) is 15.5. The zero-order valence-electron chi connectivity index (χ0n) is 16.9. The summed E-state index contributed by atoms with van der Waals surface area (Å²) in [7, 11) is 0. The molecular formula is C26H20O6. The molecule has 6 nitrogen and oxygen atoms in total. The van der Waals surface area contributed by atoms with Crippen molar-refractivity contribution in [2.45, 2.75) is 0 Å². The molecule has 4 aromatic carbocycles. The number of phenolic OH excluding ortho intramolecular Hbond substituents is 2. The van der Waals surface area contributed by atoms with Gasteiger partial charge >= 0.3 is 11.9 Å². The van der Waals surface area contributed by atoms with Gasteiger partial charge in [0.25, 0.3) is 0 Å². The van der Waals surface area contributed by atoms with Crippen LogP contribution in [0.3, 0.4) is 0 Å². The fraction of sp³-hybridized carbons (Fsp3) is 0. The van der Waals surface area contributed by atoms with Crippen molar-refractivity contribution in [3.8, 4) is 23.0 Å². The smallest absolute Gasteiger partial charge is 0.344 e. The molecule has 0 saturated heterocycles. The maximum atomic E-state index is 12.4. The van der Waals surface area contributed by atoms with E-state index in [4.69, 9.17) is 19.7 Å². The molecule has 0 atom stereocenters. The molecule has 0 amide bonds. The fourth-order valence-corrected chi connectivity index (χ4v) is 2.63. The highest BCUT2D eigenvalue weighted by Crippen LogP contribution is 2.18. The molecule has 0 bridgehead atoms. The summed E-state index contributed by atoms with van der Waals surface area (Å²) in [6.07, 6.45) is 0. The van der Waals surface area contributed by atoms with Crippen LogP contribution in [0.15, 0.2) is 109 Å². The molecule has 0 aliphatic heterocycles. The van der Waals surface area contributed by atoms with E-state index in [1.54, 1.807) is 66.7 Å². The molecule has 32 heavy (non-hydrogen) atoms. The minimum absolute atomic E-state index is 0.0880. The second kappa shape index (κ2) is 11.0. The van der Waals surface area contributed by atoms with Crippen LogP contribution in [0.4, 0.5) is 0 Å². The largest absolute Gasteiger partial charge is 0.508 e. The summed E-state index contributed by atoms with van der Waals surface area (Å²) < 4.78 is 10.6. The number of esters is 2. The fourth-order valence-electron chi connectivity index (χ4n) is 2.63. The van der Waals surface area contributed by atoms with Crippen LogP contribution in [0.2, 0.25) is 0 Å². The first-order valence-electron chi connectivity index (χ1n) is 9.64. The van der Waals surface area contributed by atoms with Crippen molar-refractivity contribution in [1.29, 1.82) is 0 Å². The molecule has 0 unspecified atom stereocenters. The van der Waals surface area contributed by atoms with Gasteiger partial charge in [-0.1, -0.05) is 54.6 Å². The van der Waals surface area contributed by atoms with E-state index >= 15 is 0 Å². The highest BCUT2D eigenvalue weighted by molar-refractivity contribution is 6.04. The van der Waals surface area contributed by atoms with Gasteiger partial charge in [-0.05, 0) is 48.5 Å². The van der Waals surface area contributed by atoms with Crippen LogP contribution in [0.1, 0.15) is 20.7 Å². The number of benzene rings is 4. The van der Waals surface area contributed by atoms with Gasteiger partial charge in [-0.15, -0.1) is 0 Å². The lowest BCUT2D eigenvalue weighted by Gasteiger charge is -2.09. The molecule has 0 aliphatic rings.